The highest BCUT2D eigenvalue weighted by Crippen LogP contribution is 2.33. The van der Waals surface area contributed by atoms with Crippen LogP contribution in [0.25, 0.3) is 16.9 Å². The average molecular weight is 657 g/mol. The third-order valence-corrected chi connectivity index (χ3v) is 7.58. The van der Waals surface area contributed by atoms with Crippen molar-refractivity contribution < 1.29 is 50.5 Å². The number of likely N-dealkylation sites (N-methyl/N-ethyl adjacent to an activating group) is 1. The van der Waals surface area contributed by atoms with E-state index in [1.165, 1.54) is 19.2 Å². The Morgan fingerprint density at radius 3 is 2.31 bits per heavy atom. The van der Waals surface area contributed by atoms with Crippen molar-refractivity contribution in [3.8, 4) is 16.9 Å². The van der Waals surface area contributed by atoms with E-state index in [2.05, 4.69) is 24.7 Å². The van der Waals surface area contributed by atoms with Gasteiger partial charge in [0.15, 0.2) is 11.7 Å². The van der Waals surface area contributed by atoms with E-state index in [0.717, 1.165) is 40.6 Å². The number of aromatic nitrogens is 2. The second kappa shape index (κ2) is 14.3. The predicted octanol–water partition coefficient (Wildman–Crippen LogP) is 4.57. The monoisotopic (exact) mass is 656 g/mol. The van der Waals surface area contributed by atoms with Crippen molar-refractivity contribution in [3.05, 3.63) is 71.1 Å². The second-order valence-electron chi connectivity index (χ2n) is 10.1. The van der Waals surface area contributed by atoms with Gasteiger partial charge in [-0.2, -0.15) is 18.3 Å². The van der Waals surface area contributed by atoms with Gasteiger partial charge >= 0.3 is 12.3 Å². The zero-order valence-electron chi connectivity index (χ0n) is 24.8. The molecule has 3 rings (SSSR count). The minimum absolute atomic E-state index is 0.0202. The Morgan fingerprint density at radius 2 is 1.76 bits per heavy atom. The number of nitrogens with one attached hydrogen (secondary N) is 1. The molecule has 244 valence electrons. The zero-order valence-corrected chi connectivity index (χ0v) is 25.6. The molecule has 1 amide bonds. The van der Waals surface area contributed by atoms with E-state index < -0.39 is 46.8 Å². The van der Waals surface area contributed by atoms with Gasteiger partial charge in [-0.1, -0.05) is 43.7 Å². The van der Waals surface area contributed by atoms with Gasteiger partial charge in [-0.25, -0.2) is 22.6 Å². The summed E-state index contributed by atoms with van der Waals surface area (Å²) in [5, 5.41) is 20.0. The molecule has 1 aromatic heterocycles. The van der Waals surface area contributed by atoms with E-state index in [-0.39, 0.29) is 33.6 Å². The Bertz CT molecular complexity index is 1630. The minimum atomic E-state index is -4.73. The Morgan fingerprint density at radius 1 is 1.13 bits per heavy atom. The van der Waals surface area contributed by atoms with Crippen molar-refractivity contribution in [2.45, 2.75) is 44.3 Å². The molecule has 0 bridgehead atoms. The van der Waals surface area contributed by atoms with Gasteiger partial charge < -0.3 is 19.5 Å². The van der Waals surface area contributed by atoms with Crippen LogP contribution in [0.3, 0.4) is 0 Å². The van der Waals surface area contributed by atoms with E-state index in [4.69, 9.17) is 0 Å². The summed E-state index contributed by atoms with van der Waals surface area (Å²) in [6.07, 6.45) is -5.80. The van der Waals surface area contributed by atoms with E-state index >= 15 is 0 Å². The van der Waals surface area contributed by atoms with Crippen molar-refractivity contribution in [2.75, 3.05) is 21.0 Å². The van der Waals surface area contributed by atoms with Crippen LogP contribution in [-0.2, 0) is 35.3 Å². The van der Waals surface area contributed by atoms with Crippen molar-refractivity contribution in [3.63, 3.8) is 0 Å². The number of hydrazine groups is 1. The Labute approximate surface area is 256 Å². The molecule has 18 heteroatoms. The van der Waals surface area contributed by atoms with Gasteiger partial charge in [-0.3, -0.25) is 4.79 Å². The molecule has 0 spiro atoms. The Balaban J connectivity index is 1.84. The lowest BCUT2D eigenvalue weighted by molar-refractivity contribution is -0.711. The predicted molar refractivity (Wildman–Crippen MR) is 151 cm³/mol. The molecule has 1 N–H and O–H groups in total. The third kappa shape index (κ3) is 9.07. The largest absolute Gasteiger partial charge is 0.569 e. The van der Waals surface area contributed by atoms with Crippen LogP contribution in [0, 0.1) is 18.0 Å². The summed E-state index contributed by atoms with van der Waals surface area (Å²) in [5.74, 6) is -1.25. The molecule has 0 fully saturated rings. The van der Waals surface area contributed by atoms with E-state index in [0.29, 0.717) is 5.56 Å². The molecule has 0 saturated heterocycles. The quantitative estimate of drug-likeness (QED) is 0.0728. The molecule has 0 aliphatic rings. The minimum Gasteiger partial charge on any atom is -0.569 e. The molecular formula is C27H31F3N6O8S. The first-order valence-corrected chi connectivity index (χ1v) is 14.7. The van der Waals surface area contributed by atoms with Crippen LogP contribution in [0.2, 0.25) is 0 Å². The highest BCUT2D eigenvalue weighted by Gasteiger charge is 2.36. The number of benzene rings is 2. The number of rotatable bonds is 12. The molecule has 0 radical (unpaired) electrons. The summed E-state index contributed by atoms with van der Waals surface area (Å²) in [5.41, 5.74) is 0.467. The van der Waals surface area contributed by atoms with Gasteiger partial charge in [0.05, 0.1) is 35.4 Å². The highest BCUT2D eigenvalue weighted by atomic mass is 32.2. The Hall–Kier alpha value is -4.87. The fourth-order valence-electron chi connectivity index (χ4n) is 3.93. The van der Waals surface area contributed by atoms with Gasteiger partial charge in [0.25, 0.3) is 22.7 Å². The normalized spacial score (nSPS) is 12.9. The summed E-state index contributed by atoms with van der Waals surface area (Å²) in [6.45, 7) is 4.53. The first-order chi connectivity index (χ1) is 21.0. The van der Waals surface area contributed by atoms with Gasteiger partial charge in [-0.05, 0) is 49.6 Å². The molecular weight excluding hydrogens is 625 g/mol. The lowest BCUT2D eigenvalue weighted by atomic mass is 10.0. The van der Waals surface area contributed by atoms with Gasteiger partial charge in [0.1, 0.15) is 0 Å². The topological polar surface area (TPSA) is 167 Å². The fourth-order valence-corrected chi connectivity index (χ4v) is 4.94. The van der Waals surface area contributed by atoms with Crippen LogP contribution in [0.5, 0.6) is 0 Å². The van der Waals surface area contributed by atoms with Crippen molar-refractivity contribution >= 4 is 22.1 Å². The summed E-state index contributed by atoms with van der Waals surface area (Å²) in [7, 11) is -2.28. The maximum absolute atomic E-state index is 13.5. The molecule has 1 atom stereocenters. The van der Waals surface area contributed by atoms with Crippen LogP contribution in [0.15, 0.2) is 64.8 Å². The lowest BCUT2D eigenvalue weighted by Gasteiger charge is -2.24. The Kier molecular flexibility index (Phi) is 11.0. The van der Waals surface area contributed by atoms with Crippen LogP contribution in [0.1, 0.15) is 31.5 Å². The molecule has 14 nitrogen and oxygen atoms in total. The number of carbonyl (C=O) groups excluding carboxylic acids is 2. The molecule has 45 heavy (non-hydrogen) atoms. The SMILES string of the molecule is COC(=O)OCON=[N+]([O-])N(C)[C@@H](CC(C)C)C(=O)NS(=O)(=O)c1ccc(-n2nc(C(F)(F)F)cc2-c2ccc(C)cc2)cc1. The summed E-state index contributed by atoms with van der Waals surface area (Å²) < 4.78 is 78.4. The number of nitrogens with zero attached hydrogens (tertiary/aromatic N) is 5. The van der Waals surface area contributed by atoms with E-state index in [1.807, 2.05) is 11.6 Å². The summed E-state index contributed by atoms with van der Waals surface area (Å²) in [4.78, 5) is 28.1. The van der Waals surface area contributed by atoms with Crippen molar-refractivity contribution in [1.29, 1.82) is 0 Å². The van der Waals surface area contributed by atoms with Gasteiger partial charge in [-0.15, -0.1) is 5.01 Å². The van der Waals surface area contributed by atoms with E-state index in [9.17, 15) is 36.4 Å². The fraction of sp³-hybridized carbons (Fsp3) is 0.370. The maximum atomic E-state index is 13.5. The maximum Gasteiger partial charge on any atom is 0.510 e. The second-order valence-corrected chi connectivity index (χ2v) is 11.7. The van der Waals surface area contributed by atoms with Crippen LogP contribution >= 0.6 is 0 Å². The number of amides is 1. The number of hydrogen-bond acceptors (Lipinski definition) is 10. The number of halogens is 3. The molecule has 0 aliphatic carbocycles. The molecule has 2 aromatic carbocycles. The molecule has 0 aliphatic heterocycles. The number of ether oxygens (including phenoxy) is 2. The molecule has 3 aromatic rings. The van der Waals surface area contributed by atoms with Crippen LogP contribution < -0.4 is 4.72 Å². The average Bonchev–Trinajstić information content (AvgIpc) is 3.44. The lowest BCUT2D eigenvalue weighted by Crippen LogP contribution is -2.49. The van der Waals surface area contributed by atoms with E-state index in [1.54, 1.807) is 38.1 Å². The standard InChI is InChI=1S/C27H31F3N6O8S/c1-17(2)14-23(34(4)36(39)33-44-16-43-26(38)42-5)25(37)32-45(40,41)21-12-10-20(11-13-21)35-22(15-24(31-35)27(28,29)30)19-8-6-18(3)7-9-19/h6-13,15,17,23H,14,16H2,1-5H3,(H,32,37)/t23-/m0/s1. The molecule has 0 unspecified atom stereocenters. The first-order valence-electron chi connectivity index (χ1n) is 13.2. The first kappa shape index (κ1) is 34.6. The van der Waals surface area contributed by atoms with Gasteiger partial charge in [0, 0.05) is 5.56 Å². The van der Waals surface area contributed by atoms with Crippen molar-refractivity contribution in [2.24, 2.45) is 11.2 Å². The number of methoxy groups -OCH3 is 1. The highest BCUT2D eigenvalue weighted by molar-refractivity contribution is 7.90. The number of aryl methyl sites for hydroxylation is 1. The summed E-state index contributed by atoms with van der Waals surface area (Å²) >= 11 is 0. The van der Waals surface area contributed by atoms with Crippen LogP contribution in [0.4, 0.5) is 18.0 Å². The van der Waals surface area contributed by atoms with Crippen molar-refractivity contribution in [1.82, 2.24) is 19.5 Å². The van der Waals surface area contributed by atoms with Crippen LogP contribution in [-0.4, -0.2) is 67.2 Å². The summed E-state index contributed by atoms with van der Waals surface area (Å²) in [6, 6.07) is 11.0. The smallest absolute Gasteiger partial charge is 0.510 e. The molecule has 0 saturated carbocycles. The number of carbonyl (C=O) groups is 2. The zero-order chi connectivity index (χ0) is 33.5. The molecule has 1 heterocycles. The number of alkyl halides is 3. The number of sulfonamides is 1. The number of hydrogen-bond donors (Lipinski definition) is 1. The third-order valence-electron chi connectivity index (χ3n) is 6.22. The van der Waals surface area contributed by atoms with Gasteiger partial charge in [0.2, 0.25) is 5.28 Å².